The van der Waals surface area contributed by atoms with E-state index in [-0.39, 0.29) is 17.0 Å². The Balaban J connectivity index is 1.98. The summed E-state index contributed by atoms with van der Waals surface area (Å²) in [5.74, 6) is -0.856. The van der Waals surface area contributed by atoms with E-state index >= 15 is 0 Å². The van der Waals surface area contributed by atoms with E-state index < -0.39 is 5.82 Å². The number of rotatable bonds is 4. The Kier molecular flexibility index (Phi) is 5.38. The minimum atomic E-state index is -0.494. The van der Waals surface area contributed by atoms with Crippen LogP contribution < -0.4 is 5.32 Å². The number of amides is 1. The van der Waals surface area contributed by atoms with Gasteiger partial charge in [0.15, 0.2) is 0 Å². The van der Waals surface area contributed by atoms with Gasteiger partial charge in [0.25, 0.3) is 5.91 Å². The van der Waals surface area contributed by atoms with Crippen molar-refractivity contribution in [3.63, 3.8) is 0 Å². The second-order valence-corrected chi connectivity index (χ2v) is 7.08. The minimum Gasteiger partial charge on any atom is -0.350 e. The normalized spacial score (nSPS) is 16.8. The average molecular weight is 357 g/mol. The molecule has 1 fully saturated rings. The highest BCUT2D eigenvalue weighted by molar-refractivity contribution is 9.10. The Bertz CT molecular complexity index is 513. The summed E-state index contributed by atoms with van der Waals surface area (Å²) >= 11 is 3.26. The molecule has 0 atom stereocenters. The zero-order valence-electron chi connectivity index (χ0n) is 12.6. The van der Waals surface area contributed by atoms with Crippen molar-refractivity contribution in [3.05, 3.63) is 34.1 Å². The first-order valence-corrected chi connectivity index (χ1v) is 8.18. The maximum Gasteiger partial charge on any atom is 0.254 e. The summed E-state index contributed by atoms with van der Waals surface area (Å²) in [4.78, 5) is 14.6. The number of piperidine rings is 1. The number of halogens is 2. The number of carbonyl (C=O) groups excluding carboxylic acids is 1. The Morgan fingerprint density at radius 2 is 2.00 bits per heavy atom. The van der Waals surface area contributed by atoms with E-state index in [1.165, 1.54) is 31.4 Å². The third-order valence-electron chi connectivity index (χ3n) is 4.07. The topological polar surface area (TPSA) is 32.3 Å². The molecule has 0 aromatic heterocycles. The summed E-state index contributed by atoms with van der Waals surface area (Å²) in [5.41, 5.74) is -0.0303. The van der Waals surface area contributed by atoms with Crippen LogP contribution in [0.25, 0.3) is 0 Å². The Morgan fingerprint density at radius 1 is 1.33 bits per heavy atom. The highest BCUT2D eigenvalue weighted by Gasteiger charge is 2.28. The van der Waals surface area contributed by atoms with Gasteiger partial charge in [0.1, 0.15) is 5.82 Å². The first kappa shape index (κ1) is 16.4. The van der Waals surface area contributed by atoms with Crippen molar-refractivity contribution in [3.8, 4) is 0 Å². The van der Waals surface area contributed by atoms with Gasteiger partial charge in [0.05, 0.1) is 5.56 Å². The molecule has 1 saturated heterocycles. The fraction of sp³-hybridized carbons (Fsp3) is 0.562. The molecular weight excluding hydrogens is 335 g/mol. The van der Waals surface area contributed by atoms with Crippen molar-refractivity contribution in [2.45, 2.75) is 38.6 Å². The molecule has 0 radical (unpaired) electrons. The van der Waals surface area contributed by atoms with Crippen LogP contribution in [-0.2, 0) is 0 Å². The molecule has 0 saturated carbocycles. The molecule has 2 rings (SSSR count). The highest BCUT2D eigenvalue weighted by atomic mass is 79.9. The molecule has 0 bridgehead atoms. The molecule has 5 heteroatoms. The van der Waals surface area contributed by atoms with E-state index in [1.807, 2.05) is 0 Å². The standard InChI is InChI=1S/C16H22BrFN2O/c1-16(2,20-8-4-3-5-9-20)11-19-15(21)13-10-12(17)6-7-14(13)18/h6-7,10H,3-5,8-9,11H2,1-2H3,(H,19,21). The lowest BCUT2D eigenvalue weighted by Gasteiger charge is -2.41. The third kappa shape index (κ3) is 4.27. The zero-order chi connectivity index (χ0) is 15.5. The SMILES string of the molecule is CC(C)(CNC(=O)c1cc(Br)ccc1F)N1CCCCC1. The lowest BCUT2D eigenvalue weighted by molar-refractivity contribution is 0.0795. The lowest BCUT2D eigenvalue weighted by Crippen LogP contribution is -2.53. The summed E-state index contributed by atoms with van der Waals surface area (Å²) in [6.07, 6.45) is 3.69. The number of benzene rings is 1. The van der Waals surface area contributed by atoms with E-state index in [0.717, 1.165) is 13.1 Å². The molecule has 1 aromatic carbocycles. The maximum absolute atomic E-state index is 13.7. The molecule has 0 spiro atoms. The van der Waals surface area contributed by atoms with Gasteiger partial charge < -0.3 is 5.32 Å². The molecular formula is C16H22BrFN2O. The second-order valence-electron chi connectivity index (χ2n) is 6.17. The van der Waals surface area contributed by atoms with E-state index in [9.17, 15) is 9.18 Å². The first-order chi connectivity index (χ1) is 9.90. The number of hydrogen-bond donors (Lipinski definition) is 1. The van der Waals surface area contributed by atoms with Gasteiger partial charge in [-0.05, 0) is 58.0 Å². The molecule has 3 nitrogen and oxygen atoms in total. The van der Waals surface area contributed by atoms with Crippen molar-refractivity contribution in [1.29, 1.82) is 0 Å². The molecule has 0 aliphatic carbocycles. The van der Waals surface area contributed by atoms with Crippen LogP contribution in [0.1, 0.15) is 43.5 Å². The molecule has 1 N–H and O–H groups in total. The molecule has 1 amide bonds. The van der Waals surface area contributed by atoms with Crippen LogP contribution in [0.3, 0.4) is 0 Å². The zero-order valence-corrected chi connectivity index (χ0v) is 14.2. The molecule has 21 heavy (non-hydrogen) atoms. The number of hydrogen-bond acceptors (Lipinski definition) is 2. The van der Waals surface area contributed by atoms with Crippen molar-refractivity contribution in [2.75, 3.05) is 19.6 Å². The predicted octanol–water partition coefficient (Wildman–Crippen LogP) is 3.58. The van der Waals surface area contributed by atoms with Crippen LogP contribution in [0.4, 0.5) is 4.39 Å². The summed E-state index contributed by atoms with van der Waals surface area (Å²) < 4.78 is 14.4. The number of likely N-dealkylation sites (tertiary alicyclic amines) is 1. The van der Waals surface area contributed by atoms with Gasteiger partial charge in [0.2, 0.25) is 0 Å². The molecule has 116 valence electrons. The quantitative estimate of drug-likeness (QED) is 0.893. The smallest absolute Gasteiger partial charge is 0.254 e. The van der Waals surface area contributed by atoms with E-state index in [2.05, 4.69) is 40.0 Å². The summed E-state index contributed by atoms with van der Waals surface area (Å²) in [5, 5.41) is 2.86. The predicted molar refractivity (Wildman–Crippen MR) is 85.9 cm³/mol. The third-order valence-corrected chi connectivity index (χ3v) is 4.56. The van der Waals surface area contributed by atoms with Crippen LogP contribution in [0.2, 0.25) is 0 Å². The lowest BCUT2D eigenvalue weighted by atomic mass is 9.98. The van der Waals surface area contributed by atoms with E-state index in [1.54, 1.807) is 6.07 Å². The largest absolute Gasteiger partial charge is 0.350 e. The van der Waals surface area contributed by atoms with Gasteiger partial charge in [-0.25, -0.2) is 4.39 Å². The molecule has 0 unspecified atom stereocenters. The molecule has 1 aromatic rings. The van der Waals surface area contributed by atoms with Gasteiger partial charge in [-0.3, -0.25) is 9.69 Å². The fourth-order valence-corrected chi connectivity index (χ4v) is 3.04. The number of nitrogens with one attached hydrogen (secondary N) is 1. The van der Waals surface area contributed by atoms with Crippen molar-refractivity contribution in [2.24, 2.45) is 0 Å². The summed E-state index contributed by atoms with van der Waals surface area (Å²) in [6, 6.07) is 4.40. The van der Waals surface area contributed by atoms with Crippen LogP contribution in [0.15, 0.2) is 22.7 Å². The van der Waals surface area contributed by atoms with Crippen LogP contribution in [0, 0.1) is 5.82 Å². The highest BCUT2D eigenvalue weighted by Crippen LogP contribution is 2.20. The fourth-order valence-electron chi connectivity index (χ4n) is 2.67. The molecule has 1 heterocycles. The maximum atomic E-state index is 13.7. The second kappa shape index (κ2) is 6.88. The Morgan fingerprint density at radius 3 is 2.67 bits per heavy atom. The monoisotopic (exact) mass is 356 g/mol. The first-order valence-electron chi connectivity index (χ1n) is 7.38. The van der Waals surface area contributed by atoms with Crippen LogP contribution >= 0.6 is 15.9 Å². The minimum absolute atomic E-state index is 0.0822. The Labute approximate surface area is 134 Å². The number of carbonyl (C=O) groups is 1. The van der Waals surface area contributed by atoms with Crippen LogP contribution in [-0.4, -0.2) is 36.0 Å². The van der Waals surface area contributed by atoms with Gasteiger partial charge in [-0.15, -0.1) is 0 Å². The summed E-state index contributed by atoms with van der Waals surface area (Å²) in [7, 11) is 0. The summed E-state index contributed by atoms with van der Waals surface area (Å²) in [6.45, 7) is 6.88. The van der Waals surface area contributed by atoms with Gasteiger partial charge in [-0.1, -0.05) is 22.4 Å². The van der Waals surface area contributed by atoms with E-state index in [0.29, 0.717) is 11.0 Å². The van der Waals surface area contributed by atoms with Crippen molar-refractivity contribution >= 4 is 21.8 Å². The van der Waals surface area contributed by atoms with Gasteiger partial charge in [-0.2, -0.15) is 0 Å². The van der Waals surface area contributed by atoms with Crippen molar-refractivity contribution in [1.82, 2.24) is 10.2 Å². The van der Waals surface area contributed by atoms with Gasteiger partial charge >= 0.3 is 0 Å². The van der Waals surface area contributed by atoms with E-state index in [4.69, 9.17) is 0 Å². The number of nitrogens with zero attached hydrogens (tertiary/aromatic N) is 1. The Hall–Kier alpha value is -0.940. The van der Waals surface area contributed by atoms with Gasteiger partial charge in [0, 0.05) is 16.6 Å². The average Bonchev–Trinajstić information content (AvgIpc) is 2.48. The molecule has 1 aliphatic rings. The van der Waals surface area contributed by atoms with Crippen molar-refractivity contribution < 1.29 is 9.18 Å². The van der Waals surface area contributed by atoms with Crippen LogP contribution in [0.5, 0.6) is 0 Å². The molecule has 1 aliphatic heterocycles.